The van der Waals surface area contributed by atoms with E-state index in [0.717, 1.165) is 25.1 Å². The third-order valence-electron chi connectivity index (χ3n) is 13.4. The van der Waals surface area contributed by atoms with Crippen LogP contribution in [0.4, 0.5) is 5.82 Å². The zero-order valence-corrected chi connectivity index (χ0v) is 25.5. The Labute approximate surface area is 230 Å². The molecule has 210 valence electrons. The van der Waals surface area contributed by atoms with Crippen LogP contribution in [0.25, 0.3) is 0 Å². The number of H-pyrrole nitrogens is 1. The van der Waals surface area contributed by atoms with Gasteiger partial charge in [-0.15, -0.1) is 0 Å². The van der Waals surface area contributed by atoms with Crippen molar-refractivity contribution in [1.29, 1.82) is 0 Å². The Balaban J connectivity index is 1.42. The Kier molecular flexibility index (Phi) is 5.50. The van der Waals surface area contributed by atoms with Crippen molar-refractivity contribution in [3.8, 4) is 0 Å². The summed E-state index contributed by atoms with van der Waals surface area (Å²) in [4.78, 5) is 15.3. The van der Waals surface area contributed by atoms with Crippen LogP contribution in [-0.2, 0) is 16.6 Å². The number of nitrogens with zero attached hydrogens (tertiary/aromatic N) is 2. The number of hydrogen-bond donors (Lipinski definition) is 2. The summed E-state index contributed by atoms with van der Waals surface area (Å²) in [5.74, 6) is 3.54. The number of carbonyl (C=O) groups is 1. The van der Waals surface area contributed by atoms with Crippen molar-refractivity contribution < 1.29 is 4.79 Å². The molecule has 0 spiro atoms. The highest BCUT2D eigenvalue weighted by Crippen LogP contribution is 2.74. The van der Waals surface area contributed by atoms with Crippen LogP contribution in [0, 0.1) is 51.2 Å². The van der Waals surface area contributed by atoms with Crippen molar-refractivity contribution in [2.24, 2.45) is 51.2 Å². The number of anilines is 1. The van der Waals surface area contributed by atoms with E-state index in [1.54, 1.807) is 5.57 Å². The van der Waals surface area contributed by atoms with Gasteiger partial charge in [-0.05, 0) is 96.7 Å². The average molecular weight is 521 g/mol. The van der Waals surface area contributed by atoms with E-state index in [9.17, 15) is 4.79 Å². The van der Waals surface area contributed by atoms with E-state index in [0.29, 0.717) is 29.6 Å². The summed E-state index contributed by atoms with van der Waals surface area (Å²) in [5.41, 5.74) is 11.6. The zero-order chi connectivity index (χ0) is 27.6. The van der Waals surface area contributed by atoms with Gasteiger partial charge in [0.15, 0.2) is 0 Å². The van der Waals surface area contributed by atoms with Gasteiger partial charge in [-0.2, -0.15) is 5.10 Å². The van der Waals surface area contributed by atoms with Gasteiger partial charge in [-0.1, -0.05) is 60.1 Å². The van der Waals surface area contributed by atoms with Gasteiger partial charge < -0.3 is 10.6 Å². The van der Waals surface area contributed by atoms with E-state index >= 15 is 0 Å². The van der Waals surface area contributed by atoms with Crippen molar-refractivity contribution in [2.75, 3.05) is 19.8 Å². The predicted molar refractivity (Wildman–Crippen MR) is 154 cm³/mol. The summed E-state index contributed by atoms with van der Waals surface area (Å²) >= 11 is 0. The molecule has 5 heteroatoms. The first kappa shape index (κ1) is 26.4. The maximum atomic E-state index is 13.4. The molecule has 5 nitrogen and oxygen atoms in total. The third kappa shape index (κ3) is 3.22. The molecule has 1 aromatic heterocycles. The number of allylic oxidation sites excluding steroid dienone is 2. The van der Waals surface area contributed by atoms with Gasteiger partial charge in [0, 0.05) is 31.0 Å². The quantitative estimate of drug-likeness (QED) is 0.402. The minimum atomic E-state index is 0.0213. The standard InChI is InChI=1S/C33H52N4O/c1-29(2)16-20-19(21(17-29)28(38)37(8)9)12-14-32(6)23(20)10-11-25-31(5)18-22-26(35-36-27(22)34)30(3,4)24(31)13-15-33(25,32)7/h10,19-21,24-25H,11-18H2,1-9H3,(H3,34,35,36)/t19-,20?,21+,24?,25?,31-,32+,33+/m0/s1. The van der Waals surface area contributed by atoms with Gasteiger partial charge >= 0.3 is 0 Å². The first-order valence-corrected chi connectivity index (χ1v) is 15.3. The monoisotopic (exact) mass is 520 g/mol. The van der Waals surface area contributed by atoms with E-state index < -0.39 is 0 Å². The summed E-state index contributed by atoms with van der Waals surface area (Å²) < 4.78 is 0. The van der Waals surface area contributed by atoms with Crippen LogP contribution in [0.15, 0.2) is 11.6 Å². The molecular formula is C33H52N4O. The second-order valence-electron chi connectivity index (χ2n) is 16.4. The second kappa shape index (κ2) is 7.91. The molecule has 8 atom stereocenters. The van der Waals surface area contributed by atoms with E-state index in [1.807, 2.05) is 19.0 Å². The lowest BCUT2D eigenvalue weighted by Crippen LogP contribution is -2.64. The highest BCUT2D eigenvalue weighted by Gasteiger charge is 2.67. The molecule has 1 heterocycles. The number of aromatic nitrogens is 2. The molecule has 1 aromatic rings. The smallest absolute Gasteiger partial charge is 0.225 e. The van der Waals surface area contributed by atoms with Crippen LogP contribution in [0.2, 0.25) is 0 Å². The molecule has 0 saturated heterocycles. The Morgan fingerprint density at radius 1 is 1.03 bits per heavy atom. The van der Waals surface area contributed by atoms with Gasteiger partial charge in [-0.25, -0.2) is 0 Å². The summed E-state index contributed by atoms with van der Waals surface area (Å²) in [6.45, 7) is 17.5. The van der Waals surface area contributed by atoms with Crippen LogP contribution < -0.4 is 5.73 Å². The fraction of sp³-hybridized carbons (Fsp3) is 0.818. The molecule has 3 N–H and O–H groups in total. The predicted octanol–water partition coefficient (Wildman–Crippen LogP) is 6.75. The summed E-state index contributed by atoms with van der Waals surface area (Å²) in [6, 6.07) is 0. The number of nitrogens with one attached hydrogen (secondary N) is 1. The molecule has 0 aromatic carbocycles. The first-order chi connectivity index (χ1) is 17.6. The van der Waals surface area contributed by atoms with Crippen molar-refractivity contribution in [3.63, 3.8) is 0 Å². The normalized spacial score (nSPS) is 44.4. The molecule has 0 bridgehead atoms. The lowest BCUT2D eigenvalue weighted by atomic mass is 9.34. The SMILES string of the molecule is CN(C)C(=O)[C@@H]1CC(C)(C)CC2C3=CCC4[C@@]5(C)Cc6c(n[nH]c6N)C(C)(C)C5CC[C@@]4(C)[C@]3(C)CC[C@@H]21. The van der Waals surface area contributed by atoms with E-state index in [-0.39, 0.29) is 33.0 Å². The molecule has 3 fully saturated rings. The van der Waals surface area contributed by atoms with Crippen LogP contribution >= 0.6 is 0 Å². The number of hydrogen-bond acceptors (Lipinski definition) is 3. The Morgan fingerprint density at radius 3 is 2.42 bits per heavy atom. The number of fused-ring (bicyclic) bond motifs is 8. The van der Waals surface area contributed by atoms with Crippen LogP contribution in [0.5, 0.6) is 0 Å². The maximum absolute atomic E-state index is 13.4. The Bertz CT molecular complexity index is 1190. The fourth-order valence-corrected chi connectivity index (χ4v) is 11.6. The topological polar surface area (TPSA) is 75.0 Å². The van der Waals surface area contributed by atoms with E-state index in [4.69, 9.17) is 10.8 Å². The average Bonchev–Trinajstić information content (AvgIpc) is 3.18. The molecule has 3 unspecified atom stereocenters. The van der Waals surface area contributed by atoms with Crippen molar-refractivity contribution in [1.82, 2.24) is 15.1 Å². The molecule has 0 aliphatic heterocycles. The number of amides is 1. The summed E-state index contributed by atoms with van der Waals surface area (Å²) in [5, 5.41) is 7.87. The molecule has 0 radical (unpaired) electrons. The van der Waals surface area contributed by atoms with Crippen LogP contribution in [0.3, 0.4) is 0 Å². The molecule has 3 saturated carbocycles. The molecule has 6 rings (SSSR count). The number of rotatable bonds is 1. The third-order valence-corrected chi connectivity index (χ3v) is 13.4. The second-order valence-corrected chi connectivity index (χ2v) is 16.4. The van der Waals surface area contributed by atoms with E-state index in [2.05, 4.69) is 59.6 Å². The van der Waals surface area contributed by atoms with Crippen molar-refractivity contribution >= 4 is 11.7 Å². The molecular weight excluding hydrogens is 468 g/mol. The van der Waals surface area contributed by atoms with Gasteiger partial charge in [0.05, 0.1) is 5.69 Å². The van der Waals surface area contributed by atoms with Crippen molar-refractivity contribution in [2.45, 2.75) is 105 Å². The lowest BCUT2D eigenvalue weighted by molar-refractivity contribution is -0.159. The summed E-state index contributed by atoms with van der Waals surface area (Å²) in [6.07, 6.45) is 12.1. The maximum Gasteiger partial charge on any atom is 0.225 e. The number of aromatic amines is 1. The Hall–Kier alpha value is -1.78. The minimum Gasteiger partial charge on any atom is -0.384 e. The molecule has 5 aliphatic carbocycles. The largest absolute Gasteiger partial charge is 0.384 e. The highest BCUT2D eigenvalue weighted by molar-refractivity contribution is 5.79. The minimum absolute atomic E-state index is 0.0213. The number of nitrogens with two attached hydrogens (primary N) is 1. The summed E-state index contributed by atoms with van der Waals surface area (Å²) in [7, 11) is 3.89. The lowest BCUT2D eigenvalue weighted by Gasteiger charge is -2.70. The van der Waals surface area contributed by atoms with Gasteiger partial charge in [0.1, 0.15) is 5.82 Å². The van der Waals surface area contributed by atoms with Gasteiger partial charge in [-0.3, -0.25) is 9.89 Å². The van der Waals surface area contributed by atoms with Gasteiger partial charge in [0.25, 0.3) is 0 Å². The number of nitrogen functional groups attached to an aromatic ring is 1. The van der Waals surface area contributed by atoms with Crippen LogP contribution in [-0.4, -0.2) is 35.1 Å². The van der Waals surface area contributed by atoms with E-state index in [1.165, 1.54) is 43.4 Å². The Morgan fingerprint density at radius 2 is 1.74 bits per heavy atom. The van der Waals surface area contributed by atoms with Crippen LogP contribution in [0.1, 0.15) is 105 Å². The zero-order valence-electron chi connectivity index (χ0n) is 25.5. The highest BCUT2D eigenvalue weighted by atomic mass is 16.2. The van der Waals surface area contributed by atoms with Gasteiger partial charge in [0.2, 0.25) is 5.91 Å². The van der Waals surface area contributed by atoms with Crippen molar-refractivity contribution in [3.05, 3.63) is 22.9 Å². The molecule has 38 heavy (non-hydrogen) atoms. The number of carbonyl (C=O) groups excluding carboxylic acids is 1. The molecule has 5 aliphatic rings. The molecule has 1 amide bonds. The first-order valence-electron chi connectivity index (χ1n) is 15.3. The fourth-order valence-electron chi connectivity index (χ4n) is 11.6.